The van der Waals surface area contributed by atoms with Crippen molar-refractivity contribution in [3.63, 3.8) is 0 Å². The van der Waals surface area contributed by atoms with Crippen LogP contribution in [-0.2, 0) is 0 Å². The van der Waals surface area contributed by atoms with Crippen molar-refractivity contribution in [3.05, 3.63) is 35.1 Å². The zero-order valence-corrected chi connectivity index (χ0v) is 11.6. The van der Waals surface area contributed by atoms with Crippen LogP contribution in [-0.4, -0.2) is 34.9 Å². The van der Waals surface area contributed by atoms with Gasteiger partial charge in [0.15, 0.2) is 0 Å². The summed E-state index contributed by atoms with van der Waals surface area (Å²) in [5.74, 6) is 0.335. The molecule has 1 aliphatic rings. The summed E-state index contributed by atoms with van der Waals surface area (Å²) < 4.78 is 13.7. The monoisotopic (exact) mass is 267 g/mol. The lowest BCUT2D eigenvalue weighted by molar-refractivity contribution is 0.0762. The van der Waals surface area contributed by atoms with E-state index in [4.69, 9.17) is 0 Å². The van der Waals surface area contributed by atoms with Crippen LogP contribution in [0.5, 0.6) is 0 Å². The number of halogens is 1. The molecule has 0 aliphatic carbocycles. The average molecular weight is 267 g/mol. The van der Waals surface area contributed by atoms with E-state index in [-0.39, 0.29) is 11.5 Å². The van der Waals surface area contributed by atoms with Gasteiger partial charge in [-0.3, -0.25) is 4.79 Å². The molecule has 2 nitrogen and oxygen atoms in total. The first kappa shape index (κ1) is 13.4. The third-order valence-electron chi connectivity index (χ3n) is 3.21. The Bertz CT molecular complexity index is 449. The topological polar surface area (TPSA) is 20.3 Å². The van der Waals surface area contributed by atoms with E-state index < -0.39 is 5.82 Å². The van der Waals surface area contributed by atoms with Crippen LogP contribution in [0.3, 0.4) is 0 Å². The number of aryl methyl sites for hydroxylation is 1. The second-order valence-corrected chi connectivity index (χ2v) is 6.29. The molecule has 0 aromatic heterocycles. The molecule has 1 heterocycles. The molecule has 0 unspecified atom stereocenters. The molecule has 1 aromatic carbocycles. The van der Waals surface area contributed by atoms with Gasteiger partial charge in [-0.2, -0.15) is 11.8 Å². The first-order chi connectivity index (χ1) is 8.58. The van der Waals surface area contributed by atoms with Gasteiger partial charge in [0, 0.05) is 24.1 Å². The molecular formula is C14H18FNOS. The predicted molar refractivity (Wildman–Crippen MR) is 73.6 cm³/mol. The lowest BCUT2D eigenvalue weighted by Crippen LogP contribution is -2.33. The van der Waals surface area contributed by atoms with Crippen molar-refractivity contribution in [1.82, 2.24) is 4.90 Å². The standard InChI is InChI=1S/C14H18FNOS/c1-10-3-4-13(15)12(9-10)14(17)16-6-5-11(2)18-8-7-16/h3-4,9,11H,5-8H2,1-2H3/t11-/m1/s1. The van der Waals surface area contributed by atoms with Crippen molar-refractivity contribution in [2.75, 3.05) is 18.8 Å². The second-order valence-electron chi connectivity index (χ2n) is 4.75. The minimum absolute atomic E-state index is 0.175. The lowest BCUT2D eigenvalue weighted by atomic mass is 10.1. The number of nitrogens with zero attached hydrogens (tertiary/aromatic N) is 1. The molecule has 1 amide bonds. The van der Waals surface area contributed by atoms with E-state index in [1.165, 1.54) is 6.07 Å². The highest BCUT2D eigenvalue weighted by molar-refractivity contribution is 7.99. The van der Waals surface area contributed by atoms with Gasteiger partial charge in [0.25, 0.3) is 5.91 Å². The number of thioether (sulfide) groups is 1. The molecule has 2 rings (SSSR count). The van der Waals surface area contributed by atoms with Crippen molar-refractivity contribution < 1.29 is 9.18 Å². The van der Waals surface area contributed by atoms with E-state index in [1.807, 2.05) is 18.7 Å². The van der Waals surface area contributed by atoms with Gasteiger partial charge in [-0.15, -0.1) is 0 Å². The van der Waals surface area contributed by atoms with Crippen LogP contribution >= 0.6 is 11.8 Å². The van der Waals surface area contributed by atoms with Gasteiger partial charge in [0.05, 0.1) is 5.56 Å². The lowest BCUT2D eigenvalue weighted by Gasteiger charge is -2.20. The van der Waals surface area contributed by atoms with Crippen LogP contribution in [0.2, 0.25) is 0 Å². The Morgan fingerprint density at radius 1 is 1.44 bits per heavy atom. The fourth-order valence-electron chi connectivity index (χ4n) is 2.07. The minimum Gasteiger partial charge on any atom is -0.338 e. The van der Waals surface area contributed by atoms with Gasteiger partial charge >= 0.3 is 0 Å². The predicted octanol–water partition coefficient (Wildman–Crippen LogP) is 3.10. The third-order valence-corrected chi connectivity index (χ3v) is 4.43. The number of benzene rings is 1. The van der Waals surface area contributed by atoms with Crippen molar-refractivity contribution >= 4 is 17.7 Å². The van der Waals surface area contributed by atoms with Gasteiger partial charge in [0.2, 0.25) is 0 Å². The maximum Gasteiger partial charge on any atom is 0.256 e. The first-order valence-corrected chi connectivity index (χ1v) is 7.30. The summed E-state index contributed by atoms with van der Waals surface area (Å²) in [5.41, 5.74) is 1.12. The summed E-state index contributed by atoms with van der Waals surface area (Å²) in [7, 11) is 0. The number of carbonyl (C=O) groups is 1. The molecular weight excluding hydrogens is 249 g/mol. The zero-order valence-electron chi connectivity index (χ0n) is 10.8. The van der Waals surface area contributed by atoms with Crippen molar-refractivity contribution in [2.24, 2.45) is 0 Å². The largest absolute Gasteiger partial charge is 0.338 e. The molecule has 1 atom stereocenters. The quantitative estimate of drug-likeness (QED) is 0.779. The molecule has 0 N–H and O–H groups in total. The normalized spacial score (nSPS) is 20.6. The van der Waals surface area contributed by atoms with E-state index in [0.717, 1.165) is 24.3 Å². The van der Waals surface area contributed by atoms with Gasteiger partial charge in [-0.05, 0) is 25.5 Å². The van der Waals surface area contributed by atoms with Crippen LogP contribution < -0.4 is 0 Å². The minimum atomic E-state index is -0.421. The zero-order chi connectivity index (χ0) is 13.1. The van der Waals surface area contributed by atoms with Crippen LogP contribution in [0.15, 0.2) is 18.2 Å². The van der Waals surface area contributed by atoms with E-state index in [0.29, 0.717) is 11.8 Å². The summed E-state index contributed by atoms with van der Waals surface area (Å²) in [5, 5.41) is 0.574. The summed E-state index contributed by atoms with van der Waals surface area (Å²) >= 11 is 1.87. The molecule has 1 fully saturated rings. The fraction of sp³-hybridized carbons (Fsp3) is 0.500. The fourth-order valence-corrected chi connectivity index (χ4v) is 3.07. The Balaban J connectivity index is 2.17. The summed E-state index contributed by atoms with van der Waals surface area (Å²) in [4.78, 5) is 14.1. The Hall–Kier alpha value is -1.03. The van der Waals surface area contributed by atoms with Crippen LogP contribution in [0.1, 0.15) is 29.3 Å². The molecule has 4 heteroatoms. The average Bonchev–Trinajstić information content (AvgIpc) is 2.56. The maximum atomic E-state index is 13.7. The Morgan fingerprint density at radius 2 is 2.22 bits per heavy atom. The highest BCUT2D eigenvalue weighted by atomic mass is 32.2. The smallest absolute Gasteiger partial charge is 0.256 e. The second kappa shape index (κ2) is 5.74. The summed E-state index contributed by atoms with van der Waals surface area (Å²) in [6, 6.07) is 4.70. The van der Waals surface area contributed by atoms with Gasteiger partial charge in [0.1, 0.15) is 5.82 Å². The van der Waals surface area contributed by atoms with E-state index in [9.17, 15) is 9.18 Å². The SMILES string of the molecule is Cc1ccc(F)c(C(=O)N2CCS[C@H](C)CC2)c1. The number of rotatable bonds is 1. The molecule has 1 saturated heterocycles. The Kier molecular flexibility index (Phi) is 4.27. The van der Waals surface area contributed by atoms with E-state index >= 15 is 0 Å². The molecule has 98 valence electrons. The van der Waals surface area contributed by atoms with Gasteiger partial charge in [-0.1, -0.05) is 18.6 Å². The molecule has 18 heavy (non-hydrogen) atoms. The maximum absolute atomic E-state index is 13.7. The molecule has 0 spiro atoms. The Morgan fingerprint density at radius 3 is 3.00 bits per heavy atom. The summed E-state index contributed by atoms with van der Waals surface area (Å²) in [6.45, 7) is 5.48. The highest BCUT2D eigenvalue weighted by Crippen LogP contribution is 2.21. The summed E-state index contributed by atoms with van der Waals surface area (Å²) in [6.07, 6.45) is 0.976. The molecule has 0 bridgehead atoms. The van der Waals surface area contributed by atoms with Crippen LogP contribution in [0.4, 0.5) is 4.39 Å². The van der Waals surface area contributed by atoms with Crippen LogP contribution in [0, 0.1) is 12.7 Å². The number of hydrogen-bond donors (Lipinski definition) is 0. The van der Waals surface area contributed by atoms with Crippen LogP contribution in [0.25, 0.3) is 0 Å². The highest BCUT2D eigenvalue weighted by Gasteiger charge is 2.22. The Labute approximate surface area is 112 Å². The molecule has 1 aliphatic heterocycles. The number of carbonyl (C=O) groups excluding carboxylic acids is 1. The first-order valence-electron chi connectivity index (χ1n) is 6.25. The van der Waals surface area contributed by atoms with Gasteiger partial charge < -0.3 is 4.90 Å². The van der Waals surface area contributed by atoms with Crippen molar-refractivity contribution in [2.45, 2.75) is 25.5 Å². The van der Waals surface area contributed by atoms with E-state index in [1.54, 1.807) is 17.0 Å². The number of hydrogen-bond acceptors (Lipinski definition) is 2. The molecule has 0 saturated carbocycles. The third kappa shape index (κ3) is 3.05. The molecule has 1 aromatic rings. The van der Waals surface area contributed by atoms with E-state index in [2.05, 4.69) is 6.92 Å². The molecule has 0 radical (unpaired) electrons. The van der Waals surface area contributed by atoms with Crippen molar-refractivity contribution in [3.8, 4) is 0 Å². The van der Waals surface area contributed by atoms with Gasteiger partial charge in [-0.25, -0.2) is 4.39 Å². The van der Waals surface area contributed by atoms with Crippen molar-refractivity contribution in [1.29, 1.82) is 0 Å². The number of amides is 1.